The van der Waals surface area contributed by atoms with E-state index in [1.54, 1.807) is 25.2 Å². The number of hydrogen-bond acceptors (Lipinski definition) is 4. The number of methoxy groups -OCH3 is 2. The first-order chi connectivity index (χ1) is 11.4. The topological polar surface area (TPSA) is 42.0 Å². The largest absolute Gasteiger partial charge is 0.497 e. The van der Waals surface area contributed by atoms with Crippen LogP contribution in [0.4, 0.5) is 0 Å². The Bertz CT molecular complexity index is 583. The lowest BCUT2D eigenvalue weighted by molar-refractivity contribution is -0.125. The van der Waals surface area contributed by atoms with Gasteiger partial charge in [0, 0.05) is 39.4 Å². The quantitative estimate of drug-likeness (QED) is 0.750. The summed E-state index contributed by atoms with van der Waals surface area (Å²) in [5, 5.41) is 0. The molecular formula is C19H28N2O3. The normalized spacial score (nSPS) is 21.8. The van der Waals surface area contributed by atoms with Crippen molar-refractivity contribution in [2.45, 2.75) is 25.5 Å². The molecule has 1 fully saturated rings. The molecule has 1 aliphatic rings. The summed E-state index contributed by atoms with van der Waals surface area (Å²) in [7, 11) is 7.33. The molecule has 5 nitrogen and oxygen atoms in total. The summed E-state index contributed by atoms with van der Waals surface area (Å²) in [6, 6.07) is 8.08. The first kappa shape index (κ1) is 18.5. The minimum atomic E-state index is 0.0255. The van der Waals surface area contributed by atoms with E-state index in [1.807, 2.05) is 38.2 Å². The molecule has 1 heterocycles. The van der Waals surface area contributed by atoms with Crippen LogP contribution in [0.2, 0.25) is 0 Å². The fourth-order valence-corrected chi connectivity index (χ4v) is 3.05. The van der Waals surface area contributed by atoms with E-state index in [0.29, 0.717) is 12.6 Å². The minimum Gasteiger partial charge on any atom is -0.497 e. The third-order valence-corrected chi connectivity index (χ3v) is 4.73. The van der Waals surface area contributed by atoms with Crippen molar-refractivity contribution in [1.29, 1.82) is 0 Å². The first-order valence-electron chi connectivity index (χ1n) is 8.25. The maximum atomic E-state index is 12.5. The van der Waals surface area contributed by atoms with Gasteiger partial charge < -0.3 is 14.4 Å². The van der Waals surface area contributed by atoms with Gasteiger partial charge in [-0.2, -0.15) is 0 Å². The summed E-state index contributed by atoms with van der Waals surface area (Å²) < 4.78 is 10.6. The summed E-state index contributed by atoms with van der Waals surface area (Å²) in [4.78, 5) is 16.5. The van der Waals surface area contributed by atoms with Crippen LogP contribution in [0.15, 0.2) is 30.3 Å². The predicted molar refractivity (Wildman–Crippen MR) is 96.1 cm³/mol. The summed E-state index contributed by atoms with van der Waals surface area (Å²) in [6.45, 7) is 3.59. The van der Waals surface area contributed by atoms with Crippen LogP contribution in [0.3, 0.4) is 0 Å². The second-order valence-corrected chi connectivity index (χ2v) is 6.46. The highest BCUT2D eigenvalue weighted by molar-refractivity contribution is 5.94. The van der Waals surface area contributed by atoms with Crippen LogP contribution in [0.25, 0.3) is 5.57 Å². The maximum absolute atomic E-state index is 12.5. The zero-order chi connectivity index (χ0) is 17.7. The van der Waals surface area contributed by atoms with E-state index in [9.17, 15) is 4.79 Å². The van der Waals surface area contributed by atoms with Crippen LogP contribution >= 0.6 is 0 Å². The molecule has 0 aromatic heterocycles. The van der Waals surface area contributed by atoms with E-state index in [-0.39, 0.29) is 12.0 Å². The second kappa shape index (κ2) is 8.31. The Hall–Kier alpha value is -1.85. The number of benzene rings is 1. The number of nitrogens with zero attached hydrogens (tertiary/aromatic N) is 2. The Labute approximate surface area is 144 Å². The van der Waals surface area contributed by atoms with Crippen molar-refractivity contribution in [2.75, 3.05) is 41.4 Å². The fraction of sp³-hybridized carbons (Fsp3) is 0.526. The van der Waals surface area contributed by atoms with Crippen LogP contribution in [0.1, 0.15) is 18.9 Å². The summed E-state index contributed by atoms with van der Waals surface area (Å²) in [5.74, 6) is 0.838. The number of likely N-dealkylation sites (tertiary alicyclic amines) is 1. The number of likely N-dealkylation sites (N-methyl/N-ethyl adjacent to an activating group) is 2. The van der Waals surface area contributed by atoms with Crippen LogP contribution in [-0.4, -0.2) is 69.3 Å². The van der Waals surface area contributed by atoms with Gasteiger partial charge >= 0.3 is 0 Å². The zero-order valence-electron chi connectivity index (χ0n) is 15.3. The molecule has 0 spiro atoms. The molecule has 1 saturated heterocycles. The second-order valence-electron chi connectivity index (χ2n) is 6.46. The average molecular weight is 332 g/mol. The van der Waals surface area contributed by atoms with Gasteiger partial charge in [-0.25, -0.2) is 0 Å². The standard InChI is InChI=1S/C19H28N2O3/c1-14(15-6-8-17(23-4)9-7-15)10-19(22)21(3)12-16-11-18(24-5)13-20(16)2/h6-10,16,18H,11-13H2,1-5H3/b14-10+/t16-,18-/m0/s1. The Balaban J connectivity index is 1.96. The lowest BCUT2D eigenvalue weighted by atomic mass is 10.1. The molecule has 1 aromatic rings. The van der Waals surface area contributed by atoms with E-state index in [1.165, 1.54) is 0 Å². The molecule has 132 valence electrons. The lowest BCUT2D eigenvalue weighted by Gasteiger charge is -2.25. The molecule has 1 amide bonds. The molecule has 0 N–H and O–H groups in total. The number of carbonyl (C=O) groups excluding carboxylic acids is 1. The van der Waals surface area contributed by atoms with Crippen molar-refractivity contribution in [1.82, 2.24) is 9.80 Å². The highest BCUT2D eigenvalue weighted by Gasteiger charge is 2.30. The van der Waals surface area contributed by atoms with Gasteiger partial charge in [-0.15, -0.1) is 0 Å². The van der Waals surface area contributed by atoms with Crippen molar-refractivity contribution in [3.8, 4) is 5.75 Å². The Morgan fingerprint density at radius 1 is 1.33 bits per heavy atom. The average Bonchev–Trinajstić information content (AvgIpc) is 2.94. The Morgan fingerprint density at radius 3 is 2.54 bits per heavy atom. The van der Waals surface area contributed by atoms with Crippen LogP contribution < -0.4 is 4.74 Å². The Kier molecular flexibility index (Phi) is 6.40. The van der Waals surface area contributed by atoms with Gasteiger partial charge in [0.1, 0.15) is 5.75 Å². The molecule has 0 radical (unpaired) electrons. The highest BCUT2D eigenvalue weighted by atomic mass is 16.5. The van der Waals surface area contributed by atoms with Crippen molar-refractivity contribution < 1.29 is 14.3 Å². The van der Waals surface area contributed by atoms with Crippen LogP contribution in [0, 0.1) is 0 Å². The zero-order valence-corrected chi connectivity index (χ0v) is 15.3. The predicted octanol–water partition coefficient (Wildman–Crippen LogP) is 2.28. The van der Waals surface area contributed by atoms with Gasteiger partial charge in [-0.3, -0.25) is 9.69 Å². The molecule has 5 heteroatoms. The molecule has 24 heavy (non-hydrogen) atoms. The summed E-state index contributed by atoms with van der Waals surface area (Å²) >= 11 is 0. The van der Waals surface area contributed by atoms with Gasteiger partial charge in [0.15, 0.2) is 0 Å². The third-order valence-electron chi connectivity index (χ3n) is 4.73. The molecule has 0 saturated carbocycles. The monoisotopic (exact) mass is 332 g/mol. The van der Waals surface area contributed by atoms with Gasteiger partial charge in [0.05, 0.1) is 13.2 Å². The highest BCUT2D eigenvalue weighted by Crippen LogP contribution is 2.20. The molecular weight excluding hydrogens is 304 g/mol. The molecule has 1 aliphatic heterocycles. The SMILES string of the molecule is COc1ccc(/C(C)=C/C(=O)N(C)C[C@@H]2C[C@H](OC)CN2C)cc1. The molecule has 0 bridgehead atoms. The third kappa shape index (κ3) is 4.58. The van der Waals surface area contributed by atoms with Gasteiger partial charge in [0.25, 0.3) is 0 Å². The van der Waals surface area contributed by atoms with Crippen molar-refractivity contribution >= 4 is 11.5 Å². The van der Waals surface area contributed by atoms with E-state index in [0.717, 1.165) is 29.9 Å². The van der Waals surface area contributed by atoms with Crippen molar-refractivity contribution in [3.05, 3.63) is 35.9 Å². The van der Waals surface area contributed by atoms with Gasteiger partial charge in [-0.05, 0) is 43.7 Å². The van der Waals surface area contributed by atoms with Crippen molar-refractivity contribution in [3.63, 3.8) is 0 Å². The number of ether oxygens (including phenoxy) is 2. The number of amides is 1. The molecule has 0 unspecified atom stereocenters. The van der Waals surface area contributed by atoms with Crippen LogP contribution in [-0.2, 0) is 9.53 Å². The lowest BCUT2D eigenvalue weighted by Crippen LogP contribution is -2.39. The van der Waals surface area contributed by atoms with E-state index < -0.39 is 0 Å². The molecule has 2 atom stereocenters. The van der Waals surface area contributed by atoms with E-state index in [2.05, 4.69) is 11.9 Å². The first-order valence-corrected chi connectivity index (χ1v) is 8.25. The maximum Gasteiger partial charge on any atom is 0.246 e. The van der Waals surface area contributed by atoms with Crippen molar-refractivity contribution in [2.24, 2.45) is 0 Å². The summed E-state index contributed by atoms with van der Waals surface area (Å²) in [5.41, 5.74) is 1.97. The van der Waals surface area contributed by atoms with Gasteiger partial charge in [0.2, 0.25) is 5.91 Å². The number of rotatable bonds is 6. The number of hydrogen-bond donors (Lipinski definition) is 0. The molecule has 2 rings (SSSR count). The van der Waals surface area contributed by atoms with E-state index in [4.69, 9.17) is 9.47 Å². The van der Waals surface area contributed by atoms with Crippen LogP contribution in [0.5, 0.6) is 5.75 Å². The number of carbonyl (C=O) groups is 1. The summed E-state index contributed by atoms with van der Waals surface area (Å²) in [6.07, 6.45) is 2.93. The Morgan fingerprint density at radius 2 is 2.00 bits per heavy atom. The molecule has 1 aromatic carbocycles. The van der Waals surface area contributed by atoms with Gasteiger partial charge in [-0.1, -0.05) is 12.1 Å². The number of allylic oxidation sites excluding steroid dienone is 1. The smallest absolute Gasteiger partial charge is 0.246 e. The minimum absolute atomic E-state index is 0.0255. The molecule has 0 aliphatic carbocycles. The van der Waals surface area contributed by atoms with E-state index >= 15 is 0 Å². The fourth-order valence-electron chi connectivity index (χ4n) is 3.05.